The number of ether oxygens (including phenoxy) is 2. The summed E-state index contributed by atoms with van der Waals surface area (Å²) in [6.07, 6.45) is 5.60. The monoisotopic (exact) mass is 891 g/mol. The highest BCUT2D eigenvalue weighted by Gasteiger charge is 2.63. The summed E-state index contributed by atoms with van der Waals surface area (Å²) < 4.78 is 83.5. The number of halogens is 4. The van der Waals surface area contributed by atoms with Crippen molar-refractivity contribution in [2.24, 2.45) is 29.1 Å². The van der Waals surface area contributed by atoms with E-state index in [1.165, 1.54) is 4.90 Å². The van der Waals surface area contributed by atoms with Gasteiger partial charge in [-0.05, 0) is 95.2 Å². The smallest absolute Gasteiger partial charge is 0.307 e. The lowest BCUT2D eigenvalue weighted by Gasteiger charge is -2.34. The first kappa shape index (κ1) is 44.8. The van der Waals surface area contributed by atoms with Crippen molar-refractivity contribution >= 4 is 61.9 Å². The Morgan fingerprint density at radius 2 is 1.82 bits per heavy atom. The molecule has 0 unspecified atom stereocenters. The first-order chi connectivity index (χ1) is 28.5. The van der Waals surface area contributed by atoms with Crippen molar-refractivity contribution in [2.45, 2.75) is 128 Å². The lowest BCUT2D eigenvalue weighted by molar-refractivity contribution is -0.197. The molecule has 2 saturated carbocycles. The second-order valence-corrected chi connectivity index (χ2v) is 21.0. The van der Waals surface area contributed by atoms with Crippen LogP contribution in [0.2, 0.25) is 5.02 Å². The lowest BCUT2D eigenvalue weighted by Crippen LogP contribution is -2.49. The third-order valence-electron chi connectivity index (χ3n) is 13.4. The van der Waals surface area contributed by atoms with E-state index in [9.17, 15) is 36.0 Å². The van der Waals surface area contributed by atoms with Crippen molar-refractivity contribution in [2.75, 3.05) is 13.2 Å². The van der Waals surface area contributed by atoms with Crippen LogP contribution in [0.15, 0.2) is 36.5 Å². The molecule has 2 aromatic heterocycles. The number of ketones is 1. The summed E-state index contributed by atoms with van der Waals surface area (Å²) in [6, 6.07) is 3.97. The van der Waals surface area contributed by atoms with E-state index in [1.807, 2.05) is 32.2 Å². The van der Waals surface area contributed by atoms with E-state index in [-0.39, 0.29) is 44.0 Å². The van der Waals surface area contributed by atoms with Crippen molar-refractivity contribution in [3.63, 3.8) is 0 Å². The number of amides is 2. The van der Waals surface area contributed by atoms with Crippen molar-refractivity contribution in [3.8, 4) is 5.88 Å². The molecular formula is C43H53ClF3N5O8S. The average molecular weight is 892 g/mol. The fraction of sp³-hybridized carbons (Fsp3) is 0.628. The van der Waals surface area contributed by atoms with Gasteiger partial charge in [0.05, 0.1) is 46.9 Å². The maximum absolute atomic E-state index is 15.0. The number of carbonyl (C=O) groups excluding carboxylic acids is 4. The first-order valence-electron chi connectivity index (χ1n) is 20.8. The summed E-state index contributed by atoms with van der Waals surface area (Å²) in [7, 11) is -4.41. The fourth-order valence-corrected chi connectivity index (χ4v) is 10.5. The third kappa shape index (κ3) is 8.74. The molecule has 18 heteroatoms. The highest BCUT2D eigenvalue weighted by atomic mass is 35.5. The summed E-state index contributed by atoms with van der Waals surface area (Å²) in [6.45, 7) is 7.14. The van der Waals surface area contributed by atoms with Crippen LogP contribution in [0.4, 0.5) is 13.2 Å². The average Bonchev–Trinajstić information content (AvgIpc) is 4.03. The minimum atomic E-state index is -4.41. The molecule has 0 spiro atoms. The summed E-state index contributed by atoms with van der Waals surface area (Å²) in [5.41, 5.74) is -2.29. The van der Waals surface area contributed by atoms with Gasteiger partial charge in [0.15, 0.2) is 11.4 Å². The number of allylic oxidation sites excluding steroid dienone is 2. The molecule has 2 amide bonds. The van der Waals surface area contributed by atoms with Crippen LogP contribution in [-0.2, 0) is 33.9 Å². The van der Waals surface area contributed by atoms with Gasteiger partial charge in [-0.1, -0.05) is 37.6 Å². The number of Topliss-reactive ketones (excluding diaryl/α,β-unsaturated/α-hetero) is 1. The molecule has 1 N–H and O–H groups in total. The summed E-state index contributed by atoms with van der Waals surface area (Å²) >= 11 is 6.43. The molecule has 3 fully saturated rings. The summed E-state index contributed by atoms with van der Waals surface area (Å²) in [5.74, 6) is -8.01. The number of aryl methyl sites for hydroxylation is 1. The van der Waals surface area contributed by atoms with Crippen molar-refractivity contribution in [3.05, 3.63) is 47.3 Å². The van der Waals surface area contributed by atoms with Gasteiger partial charge in [0.25, 0.3) is 5.92 Å². The molecule has 1 aromatic carbocycles. The van der Waals surface area contributed by atoms with Crippen LogP contribution >= 0.6 is 11.6 Å². The number of nitrogens with zero attached hydrogens (tertiary/aromatic N) is 4. The number of fused-ring (bicyclic) bond motifs is 5. The molecule has 3 aromatic rings. The van der Waals surface area contributed by atoms with Crippen molar-refractivity contribution in [1.82, 2.24) is 24.0 Å². The molecule has 0 bridgehead atoms. The van der Waals surface area contributed by atoms with Crippen LogP contribution in [-0.4, -0.2) is 92.9 Å². The van der Waals surface area contributed by atoms with Gasteiger partial charge in [-0.2, -0.15) is 4.98 Å². The number of hydrogen-bond acceptors (Lipinski definition) is 10. The molecule has 4 aliphatic rings. The quantitative estimate of drug-likeness (QED) is 0.164. The topological polar surface area (TPSA) is 166 Å². The molecule has 4 heterocycles. The molecule has 1 saturated heterocycles. The van der Waals surface area contributed by atoms with E-state index in [0.29, 0.717) is 53.6 Å². The van der Waals surface area contributed by atoms with Crippen LogP contribution in [0.3, 0.4) is 0 Å². The van der Waals surface area contributed by atoms with Gasteiger partial charge >= 0.3 is 5.97 Å². The largest absolute Gasteiger partial charge is 0.472 e. The molecule has 0 radical (unpaired) electrons. The van der Waals surface area contributed by atoms with E-state index in [4.69, 9.17) is 21.1 Å². The first-order valence-corrected chi connectivity index (χ1v) is 22.7. The number of hydrogen-bond donors (Lipinski definition) is 1. The van der Waals surface area contributed by atoms with Crippen LogP contribution in [0.1, 0.15) is 98.1 Å². The predicted octanol–water partition coefficient (Wildman–Crippen LogP) is 7.10. The SMILES string of the molecule is Cc1cn2c(n1)nc(O[C@@H]1C[C@H]3C(=O)C[C@]4(C(=O)NS(=O)(=O)C5(CF)CC5)C[C@H]4/C=C\CC[C@@H](C)C[C@@H](C)[C@H](CC(=O)OC(C)(C)C(C)(F)F)C(=O)N3C1)c1cc(Cl)ccc12. The molecule has 7 rings (SSSR count). The Kier molecular flexibility index (Phi) is 11.9. The molecule has 13 nitrogen and oxygen atoms in total. The molecule has 2 aliphatic carbocycles. The molecular weight excluding hydrogens is 839 g/mol. The summed E-state index contributed by atoms with van der Waals surface area (Å²) in [4.78, 5) is 67.8. The Hall–Kier alpha value is -4.25. The maximum atomic E-state index is 15.0. The number of sulfonamides is 1. The number of alkyl halides is 3. The van der Waals surface area contributed by atoms with Crippen LogP contribution in [0.25, 0.3) is 16.7 Å². The standard InChI is InChI=1S/C43H53ClF3N5O8S/c1-24-9-7-8-10-27-19-43(27,38(56)50-61(57,58)42(23-45)13-14-42)20-34(53)33-17-29(59-36-31-16-28(44)11-12-32(31)52-21-26(3)48-39(52)49-36)22-51(33)37(55)30(25(2)15-24)18-35(54)60-40(4,5)41(6,46)47/h8,10-12,16,21,24-25,27,29-30,33H,7,9,13-15,17-20,22-23H2,1-6H3,(H,50,56)/b10-8-/t24-,25-,27-,29-,30+,33+,43-/m1/s1. The van der Waals surface area contributed by atoms with Gasteiger partial charge in [-0.15, -0.1) is 0 Å². The number of aromatic nitrogens is 3. The minimum Gasteiger partial charge on any atom is -0.472 e. The van der Waals surface area contributed by atoms with Crippen molar-refractivity contribution < 1.29 is 50.2 Å². The van der Waals surface area contributed by atoms with Gasteiger partial charge in [0.2, 0.25) is 33.5 Å². The zero-order valence-corrected chi connectivity index (χ0v) is 36.8. The zero-order valence-electron chi connectivity index (χ0n) is 35.2. The second kappa shape index (κ2) is 16.1. The van der Waals surface area contributed by atoms with Crippen LogP contribution < -0.4 is 9.46 Å². The Morgan fingerprint density at radius 1 is 1.10 bits per heavy atom. The zero-order chi connectivity index (χ0) is 44.4. The predicted molar refractivity (Wildman–Crippen MR) is 220 cm³/mol. The van der Waals surface area contributed by atoms with Gasteiger partial charge in [-0.3, -0.25) is 28.3 Å². The Bertz CT molecular complexity index is 2400. The Labute approximate surface area is 358 Å². The Morgan fingerprint density at radius 3 is 2.49 bits per heavy atom. The summed E-state index contributed by atoms with van der Waals surface area (Å²) in [5, 5.41) is 0.934. The highest BCUT2D eigenvalue weighted by molar-refractivity contribution is 7.91. The van der Waals surface area contributed by atoms with Gasteiger partial charge in [0.1, 0.15) is 17.5 Å². The number of imidazole rings is 1. The molecule has 7 atom stereocenters. The van der Waals surface area contributed by atoms with Crippen molar-refractivity contribution in [1.29, 1.82) is 0 Å². The number of benzene rings is 1. The maximum Gasteiger partial charge on any atom is 0.307 e. The van der Waals surface area contributed by atoms with E-state index in [2.05, 4.69) is 14.7 Å². The number of carbonyl (C=O) groups is 4. The van der Waals surface area contributed by atoms with Gasteiger partial charge in [-0.25, -0.2) is 26.6 Å². The minimum absolute atomic E-state index is 0.0276. The van der Waals surface area contributed by atoms with Crippen LogP contribution in [0.5, 0.6) is 5.88 Å². The molecule has 332 valence electrons. The lowest BCUT2D eigenvalue weighted by atomic mass is 9.82. The van der Waals surface area contributed by atoms with E-state index < -0.39 is 105 Å². The van der Waals surface area contributed by atoms with E-state index >= 15 is 4.79 Å². The third-order valence-corrected chi connectivity index (χ3v) is 15.7. The Balaban J connectivity index is 1.26. The molecule has 2 aliphatic heterocycles. The van der Waals surface area contributed by atoms with Crippen LogP contribution in [0, 0.1) is 36.0 Å². The van der Waals surface area contributed by atoms with E-state index in [1.54, 1.807) is 29.5 Å². The fourth-order valence-electron chi connectivity index (χ4n) is 8.86. The molecule has 61 heavy (non-hydrogen) atoms. The normalized spacial score (nSPS) is 29.0. The number of rotatable bonds is 10. The van der Waals surface area contributed by atoms with Gasteiger partial charge in [0, 0.05) is 31.0 Å². The highest BCUT2D eigenvalue weighted by Crippen LogP contribution is 2.58. The number of nitrogens with one attached hydrogen (secondary N) is 1. The van der Waals surface area contributed by atoms with Gasteiger partial charge < -0.3 is 14.4 Å². The second-order valence-electron chi connectivity index (χ2n) is 18.5. The number of esters is 1. The van der Waals surface area contributed by atoms with E-state index in [0.717, 1.165) is 13.8 Å².